The van der Waals surface area contributed by atoms with Crippen molar-refractivity contribution in [3.8, 4) is 0 Å². The van der Waals surface area contributed by atoms with Crippen LogP contribution in [0.15, 0.2) is 17.3 Å². The Morgan fingerprint density at radius 3 is 2.76 bits per heavy atom. The SMILES string of the molecule is C[C@@H](CCO)CC[C@H](C)[C@@H]1CC[C@H](C(=O)Cn2cc(S(C)=O)cn2)C1. The number of Topliss-reactive ketones (excluding diaryl/α,β-unsaturated/α-hetero) is 1. The van der Waals surface area contributed by atoms with E-state index in [9.17, 15) is 9.00 Å². The summed E-state index contributed by atoms with van der Waals surface area (Å²) in [5.74, 6) is 2.23. The molecule has 1 aliphatic carbocycles. The van der Waals surface area contributed by atoms with E-state index < -0.39 is 10.8 Å². The fourth-order valence-corrected chi connectivity index (χ4v) is 4.31. The first-order chi connectivity index (χ1) is 11.9. The van der Waals surface area contributed by atoms with E-state index in [4.69, 9.17) is 5.11 Å². The molecular weight excluding hydrogens is 336 g/mol. The van der Waals surface area contributed by atoms with Crippen LogP contribution in [-0.2, 0) is 22.1 Å². The molecule has 1 aliphatic rings. The molecule has 0 spiro atoms. The van der Waals surface area contributed by atoms with Crippen molar-refractivity contribution in [2.24, 2.45) is 23.7 Å². The molecule has 1 unspecified atom stereocenters. The minimum absolute atomic E-state index is 0.141. The largest absolute Gasteiger partial charge is 0.396 e. The van der Waals surface area contributed by atoms with E-state index in [1.54, 1.807) is 23.3 Å². The third-order valence-corrected chi connectivity index (χ3v) is 6.60. The van der Waals surface area contributed by atoms with Gasteiger partial charge in [-0.15, -0.1) is 0 Å². The maximum absolute atomic E-state index is 12.5. The second kappa shape index (κ2) is 9.62. The molecule has 1 saturated carbocycles. The highest BCUT2D eigenvalue weighted by Gasteiger charge is 2.32. The summed E-state index contributed by atoms with van der Waals surface area (Å²) in [6.45, 7) is 5.07. The molecule has 5 atom stereocenters. The Morgan fingerprint density at radius 2 is 2.12 bits per heavy atom. The maximum Gasteiger partial charge on any atom is 0.157 e. The van der Waals surface area contributed by atoms with E-state index in [1.165, 1.54) is 6.42 Å². The van der Waals surface area contributed by atoms with Gasteiger partial charge in [0.25, 0.3) is 0 Å². The summed E-state index contributed by atoms with van der Waals surface area (Å²) in [5, 5.41) is 13.2. The average Bonchev–Trinajstić information content (AvgIpc) is 3.22. The summed E-state index contributed by atoms with van der Waals surface area (Å²) < 4.78 is 13.0. The van der Waals surface area contributed by atoms with E-state index in [0.717, 1.165) is 32.1 Å². The number of hydrogen-bond acceptors (Lipinski definition) is 4. The smallest absolute Gasteiger partial charge is 0.157 e. The van der Waals surface area contributed by atoms with Crippen molar-refractivity contribution in [1.82, 2.24) is 9.78 Å². The Balaban J connectivity index is 1.78. The summed E-state index contributed by atoms with van der Waals surface area (Å²) in [6, 6.07) is 0. The fraction of sp³-hybridized carbons (Fsp3) is 0.789. The van der Waals surface area contributed by atoms with Crippen molar-refractivity contribution in [3.05, 3.63) is 12.4 Å². The summed E-state index contributed by atoms with van der Waals surface area (Å²) in [4.78, 5) is 13.2. The van der Waals surface area contributed by atoms with Gasteiger partial charge in [-0.05, 0) is 43.4 Å². The van der Waals surface area contributed by atoms with Gasteiger partial charge in [-0.3, -0.25) is 13.7 Å². The molecule has 0 aromatic carbocycles. The maximum atomic E-state index is 12.5. The number of carbonyl (C=O) groups is 1. The third kappa shape index (κ3) is 6.03. The number of aliphatic hydroxyl groups excluding tert-OH is 1. The van der Waals surface area contributed by atoms with Gasteiger partial charge in [-0.1, -0.05) is 26.7 Å². The number of carbonyl (C=O) groups excluding carboxylic acids is 1. The van der Waals surface area contributed by atoms with Crippen molar-refractivity contribution in [3.63, 3.8) is 0 Å². The lowest BCUT2D eigenvalue weighted by Gasteiger charge is -2.21. The first-order valence-electron chi connectivity index (χ1n) is 9.40. The van der Waals surface area contributed by atoms with Crippen molar-refractivity contribution >= 4 is 16.6 Å². The minimum Gasteiger partial charge on any atom is -0.396 e. The molecule has 0 radical (unpaired) electrons. The van der Waals surface area contributed by atoms with Crippen molar-refractivity contribution in [2.45, 2.75) is 63.8 Å². The van der Waals surface area contributed by atoms with Gasteiger partial charge in [-0.25, -0.2) is 0 Å². The average molecular weight is 369 g/mol. The number of rotatable bonds is 10. The van der Waals surface area contributed by atoms with Gasteiger partial charge in [0.1, 0.15) is 0 Å². The highest BCUT2D eigenvalue weighted by molar-refractivity contribution is 7.84. The third-order valence-electron chi connectivity index (χ3n) is 5.73. The van der Waals surface area contributed by atoms with Crippen LogP contribution >= 0.6 is 0 Å². The molecular formula is C19H32N2O3S. The van der Waals surface area contributed by atoms with Gasteiger partial charge in [0, 0.05) is 25.0 Å². The fourth-order valence-electron chi connectivity index (χ4n) is 3.84. The van der Waals surface area contributed by atoms with E-state index in [1.807, 2.05) is 0 Å². The standard InChI is InChI=1S/C19H32N2O3S/c1-14(8-9-22)4-5-15(2)16-6-7-17(10-16)19(23)13-21-12-18(11-20-21)25(3)24/h11-12,14-17,22H,4-10,13H2,1-3H3/t14-,15+,16-,17+,25?/m1/s1. The predicted octanol–water partition coefficient (Wildman–Crippen LogP) is 3.04. The zero-order chi connectivity index (χ0) is 18.4. The Hall–Kier alpha value is -1.01. The molecule has 2 rings (SSSR count). The van der Waals surface area contributed by atoms with Crippen molar-refractivity contribution in [2.75, 3.05) is 12.9 Å². The Kier molecular flexibility index (Phi) is 7.81. The second-order valence-electron chi connectivity index (χ2n) is 7.74. The summed E-state index contributed by atoms with van der Waals surface area (Å²) in [5.41, 5.74) is 0. The van der Waals surface area contributed by atoms with Crippen LogP contribution in [0.4, 0.5) is 0 Å². The molecule has 0 saturated heterocycles. The van der Waals surface area contributed by atoms with Gasteiger partial charge in [0.05, 0.1) is 28.4 Å². The normalized spacial score (nSPS) is 24.2. The van der Waals surface area contributed by atoms with Crippen molar-refractivity contribution < 1.29 is 14.1 Å². The molecule has 1 heterocycles. The summed E-state index contributed by atoms with van der Waals surface area (Å²) in [7, 11) is -1.06. The molecule has 0 amide bonds. The van der Waals surface area contributed by atoms with Crippen LogP contribution in [0.3, 0.4) is 0 Å². The Bertz CT molecular complexity index is 587. The van der Waals surface area contributed by atoms with Crippen molar-refractivity contribution in [1.29, 1.82) is 0 Å². The molecule has 142 valence electrons. The number of aromatic nitrogens is 2. The van der Waals surface area contributed by atoms with Gasteiger partial charge in [-0.2, -0.15) is 5.10 Å². The molecule has 0 bridgehead atoms. The number of nitrogens with zero attached hydrogens (tertiary/aromatic N) is 2. The monoisotopic (exact) mass is 368 g/mol. The first-order valence-corrected chi connectivity index (χ1v) is 11.0. The molecule has 25 heavy (non-hydrogen) atoms. The quantitative estimate of drug-likeness (QED) is 0.689. The number of aliphatic hydroxyl groups is 1. The van der Waals surface area contributed by atoms with E-state index in [2.05, 4.69) is 18.9 Å². The second-order valence-corrected chi connectivity index (χ2v) is 9.12. The lowest BCUT2D eigenvalue weighted by Crippen LogP contribution is -2.19. The van der Waals surface area contributed by atoms with Crippen LogP contribution in [0.2, 0.25) is 0 Å². The summed E-state index contributed by atoms with van der Waals surface area (Å²) in [6.07, 6.45) is 11.2. The number of ketones is 1. The molecule has 1 N–H and O–H groups in total. The Labute approximate surface area is 153 Å². The number of hydrogen-bond donors (Lipinski definition) is 1. The summed E-state index contributed by atoms with van der Waals surface area (Å²) >= 11 is 0. The van der Waals surface area contributed by atoms with Crippen LogP contribution in [0.1, 0.15) is 52.4 Å². The lowest BCUT2D eigenvalue weighted by molar-refractivity contribution is -0.123. The molecule has 5 nitrogen and oxygen atoms in total. The highest BCUT2D eigenvalue weighted by atomic mass is 32.2. The minimum atomic E-state index is -1.06. The highest BCUT2D eigenvalue weighted by Crippen LogP contribution is 2.38. The van der Waals surface area contributed by atoms with Crippen LogP contribution in [0.25, 0.3) is 0 Å². The lowest BCUT2D eigenvalue weighted by atomic mass is 9.85. The zero-order valence-electron chi connectivity index (χ0n) is 15.7. The van der Waals surface area contributed by atoms with Gasteiger partial charge in [0.2, 0.25) is 0 Å². The molecule has 1 aromatic heterocycles. The van der Waals surface area contributed by atoms with Crippen LogP contribution in [0, 0.1) is 23.7 Å². The van der Waals surface area contributed by atoms with E-state index in [-0.39, 0.29) is 24.9 Å². The topological polar surface area (TPSA) is 72.2 Å². The molecule has 6 heteroatoms. The zero-order valence-corrected chi connectivity index (χ0v) is 16.5. The Morgan fingerprint density at radius 1 is 1.36 bits per heavy atom. The van der Waals surface area contributed by atoms with Crippen LogP contribution < -0.4 is 0 Å². The van der Waals surface area contributed by atoms with E-state index >= 15 is 0 Å². The van der Waals surface area contributed by atoms with E-state index in [0.29, 0.717) is 22.6 Å². The molecule has 1 aromatic rings. The van der Waals surface area contributed by atoms with Crippen LogP contribution in [-0.4, -0.2) is 37.7 Å². The van der Waals surface area contributed by atoms with Gasteiger partial charge < -0.3 is 5.11 Å². The van der Waals surface area contributed by atoms with Gasteiger partial charge >= 0.3 is 0 Å². The molecule has 0 aliphatic heterocycles. The predicted molar refractivity (Wildman–Crippen MR) is 99.7 cm³/mol. The first kappa shape index (κ1) is 20.3. The molecule has 1 fully saturated rings. The van der Waals surface area contributed by atoms with Crippen LogP contribution in [0.5, 0.6) is 0 Å². The van der Waals surface area contributed by atoms with Gasteiger partial charge in [0.15, 0.2) is 5.78 Å².